The van der Waals surface area contributed by atoms with E-state index in [1.807, 2.05) is 0 Å². The molecule has 0 radical (unpaired) electrons. The van der Waals surface area contributed by atoms with Crippen LogP contribution in [0.25, 0.3) is 0 Å². The molecule has 2 aliphatic rings. The number of nitro benzene ring substituents is 1. The first-order chi connectivity index (χ1) is 11.5. The van der Waals surface area contributed by atoms with Gasteiger partial charge in [-0.05, 0) is 43.6 Å². The fourth-order valence-corrected chi connectivity index (χ4v) is 4.13. The van der Waals surface area contributed by atoms with E-state index in [1.165, 1.54) is 18.6 Å². The summed E-state index contributed by atoms with van der Waals surface area (Å²) in [6.07, 6.45) is 5.29. The van der Waals surface area contributed by atoms with Gasteiger partial charge in [0.2, 0.25) is 0 Å². The van der Waals surface area contributed by atoms with E-state index in [9.17, 15) is 14.9 Å². The van der Waals surface area contributed by atoms with Crippen LogP contribution in [-0.4, -0.2) is 29.5 Å². The number of nitrogens with one attached hydrogen (secondary N) is 1. The molecule has 2 saturated carbocycles. The van der Waals surface area contributed by atoms with E-state index in [1.54, 1.807) is 12.1 Å². The van der Waals surface area contributed by atoms with Crippen molar-refractivity contribution in [3.05, 3.63) is 34.4 Å². The highest BCUT2D eigenvalue weighted by Gasteiger charge is 2.39. The van der Waals surface area contributed by atoms with Gasteiger partial charge in [-0.15, -0.1) is 12.4 Å². The van der Waals surface area contributed by atoms with Crippen LogP contribution in [-0.2, 0) is 4.79 Å². The monoisotopic (exact) mass is 369 g/mol. The van der Waals surface area contributed by atoms with Crippen LogP contribution in [0.15, 0.2) is 24.3 Å². The van der Waals surface area contributed by atoms with Crippen LogP contribution >= 0.6 is 12.4 Å². The predicted octanol–water partition coefficient (Wildman–Crippen LogP) is 2.42. The highest BCUT2D eigenvalue weighted by atomic mass is 35.5. The van der Waals surface area contributed by atoms with E-state index in [-0.39, 0.29) is 48.4 Å². The third kappa shape index (κ3) is 4.61. The van der Waals surface area contributed by atoms with Gasteiger partial charge in [0.15, 0.2) is 12.4 Å². The van der Waals surface area contributed by atoms with Gasteiger partial charge >= 0.3 is 5.69 Å². The van der Waals surface area contributed by atoms with Crippen LogP contribution in [0, 0.1) is 22.0 Å². The minimum Gasteiger partial charge on any atom is -0.477 e. The summed E-state index contributed by atoms with van der Waals surface area (Å²) in [6.45, 7) is -0.215. The molecule has 2 fully saturated rings. The molecule has 3 rings (SSSR count). The van der Waals surface area contributed by atoms with E-state index in [0.717, 1.165) is 25.7 Å². The lowest BCUT2D eigenvalue weighted by Crippen LogP contribution is -2.54. The molecule has 0 aromatic heterocycles. The lowest BCUT2D eigenvalue weighted by molar-refractivity contribution is -0.385. The zero-order chi connectivity index (χ0) is 17.1. The maximum atomic E-state index is 12.2. The van der Waals surface area contributed by atoms with E-state index < -0.39 is 4.92 Å². The number of ether oxygens (including phenoxy) is 1. The van der Waals surface area contributed by atoms with Crippen molar-refractivity contribution in [2.45, 2.75) is 44.2 Å². The summed E-state index contributed by atoms with van der Waals surface area (Å²) in [4.78, 5) is 22.7. The molecule has 2 unspecified atom stereocenters. The summed E-state index contributed by atoms with van der Waals surface area (Å²) < 4.78 is 5.37. The number of hydrogen-bond acceptors (Lipinski definition) is 5. The lowest BCUT2D eigenvalue weighted by Gasteiger charge is -2.45. The number of carbonyl (C=O) groups excluding carboxylic acids is 1. The number of halogens is 1. The second-order valence-electron chi connectivity index (χ2n) is 6.79. The molecule has 2 atom stereocenters. The van der Waals surface area contributed by atoms with Crippen molar-refractivity contribution < 1.29 is 14.5 Å². The molecule has 2 aliphatic carbocycles. The molecule has 138 valence electrons. The van der Waals surface area contributed by atoms with Crippen molar-refractivity contribution in [1.82, 2.24) is 5.32 Å². The zero-order valence-electron chi connectivity index (χ0n) is 13.9. The number of benzene rings is 1. The van der Waals surface area contributed by atoms with Crippen molar-refractivity contribution >= 4 is 24.0 Å². The van der Waals surface area contributed by atoms with Gasteiger partial charge in [0.25, 0.3) is 5.91 Å². The first-order valence-electron chi connectivity index (χ1n) is 8.45. The molecular weight excluding hydrogens is 346 g/mol. The normalized spacial score (nSPS) is 27.7. The molecular formula is C17H24ClN3O4. The van der Waals surface area contributed by atoms with Crippen LogP contribution in [0.5, 0.6) is 5.75 Å². The largest absolute Gasteiger partial charge is 0.477 e. The Morgan fingerprint density at radius 2 is 1.92 bits per heavy atom. The molecule has 1 amide bonds. The minimum absolute atomic E-state index is 0. The van der Waals surface area contributed by atoms with E-state index in [2.05, 4.69) is 5.32 Å². The number of nitrogens with two attached hydrogens (primary N) is 1. The maximum Gasteiger partial charge on any atom is 0.310 e. The Morgan fingerprint density at radius 1 is 1.28 bits per heavy atom. The second-order valence-corrected chi connectivity index (χ2v) is 6.79. The third-order valence-electron chi connectivity index (χ3n) is 5.12. The van der Waals surface area contributed by atoms with Crippen LogP contribution in [0.1, 0.15) is 32.1 Å². The smallest absolute Gasteiger partial charge is 0.310 e. The molecule has 1 aromatic carbocycles. The average molecular weight is 370 g/mol. The quantitative estimate of drug-likeness (QED) is 0.612. The summed E-state index contributed by atoms with van der Waals surface area (Å²) in [6, 6.07) is 6.46. The summed E-state index contributed by atoms with van der Waals surface area (Å²) in [5, 5.41) is 14.0. The average Bonchev–Trinajstić information content (AvgIpc) is 2.54. The molecule has 7 nitrogen and oxygen atoms in total. The summed E-state index contributed by atoms with van der Waals surface area (Å²) in [7, 11) is 0. The molecule has 0 saturated heterocycles. The fraction of sp³-hybridized carbons (Fsp3) is 0.588. The van der Waals surface area contributed by atoms with Gasteiger partial charge < -0.3 is 15.8 Å². The standard InChI is InChI=1S/C17H23N3O4.ClH/c18-13-8-11-4-3-5-12(9-13)17(11)19-16(21)10-24-15-7-2-1-6-14(15)20(22)23;/h1-2,6-7,11-13,17H,3-5,8-10,18H2,(H,19,21);1H. The molecule has 2 bridgehead atoms. The molecule has 8 heteroatoms. The second kappa shape index (κ2) is 8.49. The molecule has 25 heavy (non-hydrogen) atoms. The first-order valence-corrected chi connectivity index (χ1v) is 8.45. The highest BCUT2D eigenvalue weighted by Crippen LogP contribution is 2.39. The molecule has 3 N–H and O–H groups in total. The molecule has 0 spiro atoms. The Labute approximate surface area is 152 Å². The maximum absolute atomic E-state index is 12.2. The number of hydrogen-bond donors (Lipinski definition) is 2. The van der Waals surface area contributed by atoms with Crippen molar-refractivity contribution in [2.24, 2.45) is 17.6 Å². The predicted molar refractivity (Wildman–Crippen MR) is 95.8 cm³/mol. The number of nitrogens with zero attached hydrogens (tertiary/aromatic N) is 1. The van der Waals surface area contributed by atoms with Gasteiger partial charge in [-0.3, -0.25) is 14.9 Å². The number of amides is 1. The molecule has 1 aromatic rings. The summed E-state index contributed by atoms with van der Waals surface area (Å²) in [5.41, 5.74) is 5.96. The van der Waals surface area contributed by atoms with E-state index >= 15 is 0 Å². The van der Waals surface area contributed by atoms with Crippen molar-refractivity contribution in [3.63, 3.8) is 0 Å². The van der Waals surface area contributed by atoms with Gasteiger partial charge in [-0.25, -0.2) is 0 Å². The minimum atomic E-state index is -0.514. The zero-order valence-corrected chi connectivity index (χ0v) is 14.7. The number of rotatable bonds is 5. The summed E-state index contributed by atoms with van der Waals surface area (Å²) >= 11 is 0. The van der Waals surface area contributed by atoms with Crippen molar-refractivity contribution in [3.8, 4) is 5.75 Å². The van der Waals surface area contributed by atoms with Gasteiger partial charge in [0.1, 0.15) is 0 Å². The fourth-order valence-electron chi connectivity index (χ4n) is 4.13. The van der Waals surface area contributed by atoms with Crippen LogP contribution < -0.4 is 15.8 Å². The Hall–Kier alpha value is -1.86. The third-order valence-corrected chi connectivity index (χ3v) is 5.12. The van der Waals surface area contributed by atoms with E-state index in [4.69, 9.17) is 10.5 Å². The van der Waals surface area contributed by atoms with Crippen molar-refractivity contribution in [1.29, 1.82) is 0 Å². The first kappa shape index (κ1) is 19.5. The SMILES string of the molecule is Cl.NC1CC2CCCC(C1)C2NC(=O)COc1ccccc1[N+](=O)[O-]. The number of para-hydroxylation sites is 2. The van der Waals surface area contributed by atoms with E-state index in [0.29, 0.717) is 11.8 Å². The van der Waals surface area contributed by atoms with Crippen molar-refractivity contribution in [2.75, 3.05) is 6.61 Å². The topological polar surface area (TPSA) is 107 Å². The molecule has 0 heterocycles. The van der Waals surface area contributed by atoms with Gasteiger partial charge in [0.05, 0.1) is 4.92 Å². The number of fused-ring (bicyclic) bond motifs is 2. The van der Waals surface area contributed by atoms with Gasteiger partial charge in [-0.2, -0.15) is 0 Å². The Bertz CT molecular complexity index is 614. The van der Waals surface area contributed by atoms with Gasteiger partial charge in [-0.1, -0.05) is 18.6 Å². The van der Waals surface area contributed by atoms with Crippen LogP contribution in [0.4, 0.5) is 5.69 Å². The summed E-state index contributed by atoms with van der Waals surface area (Å²) in [5.74, 6) is 0.749. The number of nitro groups is 1. The van der Waals surface area contributed by atoms with Crippen LogP contribution in [0.2, 0.25) is 0 Å². The number of carbonyl (C=O) groups is 1. The Morgan fingerprint density at radius 3 is 2.56 bits per heavy atom. The molecule has 0 aliphatic heterocycles. The van der Waals surface area contributed by atoms with Crippen LogP contribution in [0.3, 0.4) is 0 Å². The van der Waals surface area contributed by atoms with Gasteiger partial charge in [0, 0.05) is 18.2 Å². The Kier molecular flexibility index (Phi) is 6.61. The Balaban J connectivity index is 0.00000225. The lowest BCUT2D eigenvalue weighted by atomic mass is 9.67. The highest BCUT2D eigenvalue weighted by molar-refractivity contribution is 5.85.